The Balaban J connectivity index is 0.00000288. The summed E-state index contributed by atoms with van der Waals surface area (Å²) in [6, 6.07) is 7.47. The molecule has 2 amide bonds. The number of carbonyl (C=O) groups excluding carboxylic acids is 2. The maximum Gasteiger partial charge on any atom is 0.260 e. The molecule has 0 bridgehead atoms. The molecule has 0 aromatic heterocycles. The van der Waals surface area contributed by atoms with Gasteiger partial charge in [0.25, 0.3) is 5.91 Å². The summed E-state index contributed by atoms with van der Waals surface area (Å²) in [6.45, 7) is 6.04. The SMILES string of the molecule is Cc1ccc(OCC(=O)N2CCN(C(=O)CC(C)N)CC2)cc1.Cl. The van der Waals surface area contributed by atoms with E-state index in [0.29, 0.717) is 38.3 Å². The molecule has 2 N–H and O–H groups in total. The number of nitrogens with zero attached hydrogens (tertiary/aromatic N) is 2. The average molecular weight is 356 g/mol. The Hall–Kier alpha value is -1.79. The number of rotatable bonds is 5. The van der Waals surface area contributed by atoms with Crippen molar-refractivity contribution >= 4 is 24.2 Å². The van der Waals surface area contributed by atoms with E-state index in [1.54, 1.807) is 9.80 Å². The van der Waals surface area contributed by atoms with Crippen LogP contribution in [-0.4, -0.2) is 60.4 Å². The Kier molecular flexibility index (Phi) is 8.01. The third kappa shape index (κ3) is 6.02. The van der Waals surface area contributed by atoms with Crippen LogP contribution in [0.3, 0.4) is 0 Å². The van der Waals surface area contributed by atoms with Crippen molar-refractivity contribution in [2.24, 2.45) is 5.73 Å². The Morgan fingerprint density at radius 2 is 1.58 bits per heavy atom. The summed E-state index contributed by atoms with van der Waals surface area (Å²) in [5, 5.41) is 0. The third-order valence-corrected chi connectivity index (χ3v) is 3.86. The number of amides is 2. The third-order valence-electron chi connectivity index (χ3n) is 3.86. The molecule has 0 saturated carbocycles. The van der Waals surface area contributed by atoms with Gasteiger partial charge in [0.1, 0.15) is 5.75 Å². The highest BCUT2D eigenvalue weighted by Crippen LogP contribution is 2.12. The molecule has 1 aliphatic rings. The first kappa shape index (κ1) is 20.3. The van der Waals surface area contributed by atoms with Crippen LogP contribution >= 0.6 is 12.4 Å². The highest BCUT2D eigenvalue weighted by molar-refractivity contribution is 5.85. The lowest BCUT2D eigenvalue weighted by Gasteiger charge is -2.35. The number of halogens is 1. The second-order valence-corrected chi connectivity index (χ2v) is 6.04. The van der Waals surface area contributed by atoms with Crippen molar-refractivity contribution in [1.29, 1.82) is 0 Å². The van der Waals surface area contributed by atoms with Crippen LogP contribution in [0.15, 0.2) is 24.3 Å². The van der Waals surface area contributed by atoms with Crippen LogP contribution < -0.4 is 10.5 Å². The van der Waals surface area contributed by atoms with Gasteiger partial charge in [-0.15, -0.1) is 12.4 Å². The maximum atomic E-state index is 12.2. The first-order valence-corrected chi connectivity index (χ1v) is 7.96. The standard InChI is InChI=1S/C17H25N3O3.ClH/c1-13-3-5-15(6-4-13)23-12-17(22)20-9-7-19(8-10-20)16(21)11-14(2)18;/h3-6,14H,7-12,18H2,1-2H3;1H. The van der Waals surface area contributed by atoms with Gasteiger partial charge < -0.3 is 20.3 Å². The van der Waals surface area contributed by atoms with Crippen molar-refractivity contribution < 1.29 is 14.3 Å². The van der Waals surface area contributed by atoms with Crippen LogP contribution in [0.1, 0.15) is 18.9 Å². The zero-order valence-corrected chi connectivity index (χ0v) is 15.1. The van der Waals surface area contributed by atoms with Crippen molar-refractivity contribution in [3.63, 3.8) is 0 Å². The van der Waals surface area contributed by atoms with Gasteiger partial charge in [0.15, 0.2) is 6.61 Å². The number of hydrogen-bond donors (Lipinski definition) is 1. The first-order valence-electron chi connectivity index (χ1n) is 7.96. The molecule has 1 heterocycles. The minimum Gasteiger partial charge on any atom is -0.484 e. The van der Waals surface area contributed by atoms with Crippen molar-refractivity contribution in [2.45, 2.75) is 26.3 Å². The fraction of sp³-hybridized carbons (Fsp3) is 0.529. The quantitative estimate of drug-likeness (QED) is 0.861. The Morgan fingerprint density at radius 1 is 1.08 bits per heavy atom. The fourth-order valence-electron chi connectivity index (χ4n) is 2.48. The first-order chi connectivity index (χ1) is 11.0. The van der Waals surface area contributed by atoms with Crippen LogP contribution in [0.4, 0.5) is 0 Å². The van der Waals surface area contributed by atoms with Gasteiger partial charge in [0.2, 0.25) is 5.91 Å². The fourth-order valence-corrected chi connectivity index (χ4v) is 2.48. The van der Waals surface area contributed by atoms with Gasteiger partial charge >= 0.3 is 0 Å². The molecule has 1 aromatic rings. The molecule has 0 aliphatic carbocycles. The van der Waals surface area contributed by atoms with E-state index in [9.17, 15) is 9.59 Å². The zero-order valence-electron chi connectivity index (χ0n) is 14.2. The van der Waals surface area contributed by atoms with E-state index < -0.39 is 0 Å². The van der Waals surface area contributed by atoms with Crippen LogP contribution in [0.2, 0.25) is 0 Å². The summed E-state index contributed by atoms with van der Waals surface area (Å²) in [5.74, 6) is 0.697. The Labute approximate surface area is 149 Å². The van der Waals surface area contributed by atoms with Gasteiger partial charge in [-0.2, -0.15) is 0 Å². The van der Waals surface area contributed by atoms with Crippen LogP contribution in [-0.2, 0) is 9.59 Å². The van der Waals surface area contributed by atoms with E-state index in [1.165, 1.54) is 0 Å². The summed E-state index contributed by atoms with van der Waals surface area (Å²) in [7, 11) is 0. The number of carbonyl (C=O) groups is 2. The molecule has 0 spiro atoms. The van der Waals surface area contributed by atoms with Gasteiger partial charge in [-0.3, -0.25) is 9.59 Å². The lowest BCUT2D eigenvalue weighted by molar-refractivity contribution is -0.140. The largest absolute Gasteiger partial charge is 0.484 e. The van der Waals surface area contributed by atoms with Gasteiger partial charge in [-0.1, -0.05) is 17.7 Å². The molecule has 0 radical (unpaired) electrons. The Morgan fingerprint density at radius 3 is 2.08 bits per heavy atom. The molecule has 1 unspecified atom stereocenters. The van der Waals surface area contributed by atoms with E-state index in [1.807, 2.05) is 38.1 Å². The molecular weight excluding hydrogens is 330 g/mol. The van der Waals surface area contributed by atoms with Crippen molar-refractivity contribution in [1.82, 2.24) is 9.80 Å². The molecular formula is C17H26ClN3O3. The molecule has 24 heavy (non-hydrogen) atoms. The second kappa shape index (κ2) is 9.49. The van der Waals surface area contributed by atoms with Gasteiger partial charge in [0, 0.05) is 38.6 Å². The highest BCUT2D eigenvalue weighted by Gasteiger charge is 2.24. The predicted octanol–water partition coefficient (Wildman–Crippen LogP) is 1.20. The number of hydrogen-bond acceptors (Lipinski definition) is 4. The minimum absolute atomic E-state index is 0. The molecule has 134 valence electrons. The lowest BCUT2D eigenvalue weighted by Crippen LogP contribution is -2.52. The normalized spacial score (nSPS) is 15.5. The molecule has 1 atom stereocenters. The van der Waals surface area contributed by atoms with Crippen LogP contribution in [0, 0.1) is 6.92 Å². The summed E-state index contributed by atoms with van der Waals surface area (Å²) in [6.07, 6.45) is 0.352. The number of benzene rings is 1. The topological polar surface area (TPSA) is 75.9 Å². The summed E-state index contributed by atoms with van der Waals surface area (Å²) in [5.41, 5.74) is 6.80. The molecule has 2 rings (SSSR count). The zero-order chi connectivity index (χ0) is 16.8. The van der Waals surface area contributed by atoms with Gasteiger partial charge in [-0.25, -0.2) is 0 Å². The van der Waals surface area contributed by atoms with E-state index in [-0.39, 0.29) is 36.9 Å². The van der Waals surface area contributed by atoms with Crippen molar-refractivity contribution in [3.05, 3.63) is 29.8 Å². The molecule has 1 saturated heterocycles. The number of ether oxygens (including phenoxy) is 1. The Bertz CT molecular complexity index is 541. The van der Waals surface area contributed by atoms with E-state index >= 15 is 0 Å². The van der Waals surface area contributed by atoms with E-state index in [2.05, 4.69) is 0 Å². The van der Waals surface area contributed by atoms with Crippen molar-refractivity contribution in [2.75, 3.05) is 32.8 Å². The molecule has 1 aliphatic heterocycles. The van der Waals surface area contributed by atoms with Crippen molar-refractivity contribution in [3.8, 4) is 5.75 Å². The number of aryl methyl sites for hydroxylation is 1. The lowest BCUT2D eigenvalue weighted by atomic mass is 10.2. The highest BCUT2D eigenvalue weighted by atomic mass is 35.5. The molecule has 1 aromatic carbocycles. The number of nitrogens with two attached hydrogens (primary N) is 1. The van der Waals surface area contributed by atoms with Crippen LogP contribution in [0.25, 0.3) is 0 Å². The maximum absolute atomic E-state index is 12.2. The van der Waals surface area contributed by atoms with Crippen LogP contribution in [0.5, 0.6) is 5.75 Å². The summed E-state index contributed by atoms with van der Waals surface area (Å²) in [4.78, 5) is 27.6. The van der Waals surface area contributed by atoms with Gasteiger partial charge in [0.05, 0.1) is 0 Å². The smallest absolute Gasteiger partial charge is 0.260 e. The summed E-state index contributed by atoms with van der Waals surface area (Å²) >= 11 is 0. The van der Waals surface area contributed by atoms with E-state index in [0.717, 1.165) is 5.56 Å². The molecule has 6 nitrogen and oxygen atoms in total. The number of piperazine rings is 1. The monoisotopic (exact) mass is 355 g/mol. The molecule has 7 heteroatoms. The summed E-state index contributed by atoms with van der Waals surface area (Å²) < 4.78 is 5.51. The molecule has 1 fully saturated rings. The minimum atomic E-state index is -0.134. The average Bonchev–Trinajstić information content (AvgIpc) is 2.53. The second-order valence-electron chi connectivity index (χ2n) is 6.04. The van der Waals surface area contributed by atoms with E-state index in [4.69, 9.17) is 10.5 Å². The van der Waals surface area contributed by atoms with Gasteiger partial charge in [-0.05, 0) is 26.0 Å². The predicted molar refractivity (Wildman–Crippen MR) is 95.3 cm³/mol.